The van der Waals surface area contributed by atoms with Gasteiger partial charge in [-0.15, -0.1) is 10.2 Å². The predicted octanol–water partition coefficient (Wildman–Crippen LogP) is 1.29. The smallest absolute Gasteiger partial charge is 0.393 e. The second-order valence-electron chi connectivity index (χ2n) is 3.65. The number of para-hydroxylation sites is 1. The fourth-order valence-corrected chi connectivity index (χ4v) is 1.83. The number of benzene rings is 1. The minimum Gasteiger partial charge on any atom is -0.492 e. The third kappa shape index (κ3) is 1.54. The van der Waals surface area contributed by atoms with E-state index in [1.807, 2.05) is 24.3 Å². The van der Waals surface area contributed by atoms with Crippen LogP contribution < -0.4 is 4.74 Å². The van der Waals surface area contributed by atoms with Crippen LogP contribution in [0, 0.1) is 0 Å². The molecular formula is C11H8N2O4. The first-order chi connectivity index (χ1) is 8.25. The van der Waals surface area contributed by atoms with Gasteiger partial charge in [-0.25, -0.2) is 4.79 Å². The van der Waals surface area contributed by atoms with Crippen LogP contribution in [0.2, 0.25) is 0 Å². The molecule has 1 aromatic carbocycles. The summed E-state index contributed by atoms with van der Waals surface area (Å²) < 4.78 is 10.5. The Morgan fingerprint density at radius 1 is 1.35 bits per heavy atom. The number of rotatable bonds is 2. The highest BCUT2D eigenvalue weighted by Crippen LogP contribution is 2.37. The van der Waals surface area contributed by atoms with Crippen molar-refractivity contribution in [2.45, 2.75) is 5.92 Å². The van der Waals surface area contributed by atoms with E-state index in [-0.39, 0.29) is 11.8 Å². The number of carbonyl (C=O) groups is 1. The molecule has 6 nitrogen and oxygen atoms in total. The Labute approximate surface area is 95.8 Å². The molecule has 1 aliphatic heterocycles. The molecule has 6 heteroatoms. The number of ether oxygens (including phenoxy) is 1. The Hall–Kier alpha value is -2.37. The van der Waals surface area contributed by atoms with Gasteiger partial charge in [0.05, 0.1) is 5.92 Å². The van der Waals surface area contributed by atoms with Crippen LogP contribution in [0.25, 0.3) is 0 Å². The summed E-state index contributed by atoms with van der Waals surface area (Å²) in [5.41, 5.74) is 0.938. The van der Waals surface area contributed by atoms with E-state index < -0.39 is 11.9 Å². The Kier molecular flexibility index (Phi) is 2.07. The van der Waals surface area contributed by atoms with Gasteiger partial charge in [0.2, 0.25) is 5.89 Å². The minimum atomic E-state index is -1.23. The fourth-order valence-electron chi connectivity index (χ4n) is 1.83. The molecule has 0 fully saturated rings. The number of carboxylic acids is 1. The van der Waals surface area contributed by atoms with E-state index in [0.29, 0.717) is 6.61 Å². The first-order valence-corrected chi connectivity index (χ1v) is 5.04. The van der Waals surface area contributed by atoms with Gasteiger partial charge in [0.25, 0.3) is 0 Å². The molecule has 1 aliphatic rings. The van der Waals surface area contributed by atoms with E-state index in [4.69, 9.17) is 14.3 Å². The van der Waals surface area contributed by atoms with Gasteiger partial charge >= 0.3 is 11.9 Å². The predicted molar refractivity (Wildman–Crippen MR) is 55.0 cm³/mol. The zero-order chi connectivity index (χ0) is 11.8. The molecule has 2 aromatic rings. The number of nitrogens with zero attached hydrogens (tertiary/aromatic N) is 2. The first-order valence-electron chi connectivity index (χ1n) is 5.04. The molecule has 3 rings (SSSR count). The molecule has 0 saturated heterocycles. The van der Waals surface area contributed by atoms with Gasteiger partial charge in [-0.2, -0.15) is 0 Å². The van der Waals surface area contributed by atoms with Crippen LogP contribution in [0.1, 0.15) is 28.1 Å². The summed E-state index contributed by atoms with van der Waals surface area (Å²) in [4.78, 5) is 10.6. The molecule has 0 radical (unpaired) electrons. The van der Waals surface area contributed by atoms with Gasteiger partial charge in [0.15, 0.2) is 0 Å². The maximum Gasteiger partial charge on any atom is 0.393 e. The zero-order valence-electron chi connectivity index (χ0n) is 8.66. The van der Waals surface area contributed by atoms with Gasteiger partial charge in [0, 0.05) is 5.56 Å². The largest absolute Gasteiger partial charge is 0.492 e. The molecule has 1 atom stereocenters. The lowest BCUT2D eigenvalue weighted by Gasteiger charge is -2.01. The van der Waals surface area contributed by atoms with Crippen molar-refractivity contribution in [2.75, 3.05) is 6.61 Å². The molecule has 86 valence electrons. The number of fused-ring (bicyclic) bond motifs is 1. The summed E-state index contributed by atoms with van der Waals surface area (Å²) in [6.45, 7) is 0.389. The lowest BCUT2D eigenvalue weighted by Crippen LogP contribution is -2.02. The highest BCUT2D eigenvalue weighted by molar-refractivity contribution is 5.81. The molecule has 2 heterocycles. The van der Waals surface area contributed by atoms with Crippen molar-refractivity contribution in [3.05, 3.63) is 41.6 Å². The Morgan fingerprint density at radius 2 is 2.18 bits per heavy atom. The summed E-state index contributed by atoms with van der Waals surface area (Å²) in [5.74, 6) is -0.771. The molecule has 0 bridgehead atoms. The molecule has 1 N–H and O–H groups in total. The molecule has 1 aromatic heterocycles. The minimum absolute atomic E-state index is 0.188. The monoisotopic (exact) mass is 232 g/mol. The number of aromatic nitrogens is 2. The van der Waals surface area contributed by atoms with E-state index in [1.165, 1.54) is 0 Å². The third-order valence-corrected chi connectivity index (χ3v) is 2.62. The number of hydrogen-bond acceptors (Lipinski definition) is 5. The van der Waals surface area contributed by atoms with E-state index in [9.17, 15) is 4.79 Å². The summed E-state index contributed by atoms with van der Waals surface area (Å²) in [7, 11) is 0. The molecule has 0 spiro atoms. The number of carboxylic acid groups (broad SMARTS) is 1. The van der Waals surface area contributed by atoms with Crippen molar-refractivity contribution in [1.82, 2.24) is 10.2 Å². The van der Waals surface area contributed by atoms with Gasteiger partial charge in [-0.1, -0.05) is 18.2 Å². The SMILES string of the molecule is O=C(O)c1nnc(C2COc3ccccc32)o1. The summed E-state index contributed by atoms with van der Waals surface area (Å²) >= 11 is 0. The van der Waals surface area contributed by atoms with Crippen molar-refractivity contribution in [2.24, 2.45) is 0 Å². The standard InChI is InChI=1S/C11H8N2O4/c14-11(15)10-13-12-9(17-10)7-5-16-8-4-2-1-3-6(7)8/h1-4,7H,5H2,(H,14,15). The van der Waals surface area contributed by atoms with Crippen LogP contribution in [0.3, 0.4) is 0 Å². The van der Waals surface area contributed by atoms with Crippen LogP contribution in [0.4, 0.5) is 0 Å². The maximum absolute atomic E-state index is 10.6. The van der Waals surface area contributed by atoms with Gasteiger partial charge in [-0.3, -0.25) is 0 Å². The Bertz CT molecular complexity index is 578. The normalized spacial score (nSPS) is 17.5. The van der Waals surface area contributed by atoms with Crippen molar-refractivity contribution in [3.63, 3.8) is 0 Å². The fraction of sp³-hybridized carbons (Fsp3) is 0.182. The number of aromatic carboxylic acids is 1. The van der Waals surface area contributed by atoms with Gasteiger partial charge < -0.3 is 14.3 Å². The Morgan fingerprint density at radius 3 is 2.94 bits per heavy atom. The highest BCUT2D eigenvalue weighted by Gasteiger charge is 2.30. The van der Waals surface area contributed by atoms with Crippen molar-refractivity contribution in [3.8, 4) is 5.75 Å². The van der Waals surface area contributed by atoms with E-state index in [2.05, 4.69) is 10.2 Å². The summed E-state index contributed by atoms with van der Waals surface area (Å²) in [6.07, 6.45) is 0. The van der Waals surface area contributed by atoms with Crippen LogP contribution in [-0.2, 0) is 0 Å². The molecule has 0 saturated carbocycles. The van der Waals surface area contributed by atoms with Crippen LogP contribution in [0.15, 0.2) is 28.7 Å². The number of hydrogen-bond donors (Lipinski definition) is 1. The lowest BCUT2D eigenvalue weighted by molar-refractivity contribution is 0.0651. The quantitative estimate of drug-likeness (QED) is 0.839. The van der Waals surface area contributed by atoms with Gasteiger partial charge in [-0.05, 0) is 6.07 Å². The average molecular weight is 232 g/mol. The second-order valence-corrected chi connectivity index (χ2v) is 3.65. The average Bonchev–Trinajstić information content (AvgIpc) is 2.95. The highest BCUT2D eigenvalue weighted by atomic mass is 16.5. The summed E-state index contributed by atoms with van der Waals surface area (Å²) in [5, 5.41) is 15.9. The van der Waals surface area contributed by atoms with Crippen LogP contribution in [0.5, 0.6) is 5.75 Å². The maximum atomic E-state index is 10.6. The van der Waals surface area contributed by atoms with Gasteiger partial charge in [0.1, 0.15) is 12.4 Å². The van der Waals surface area contributed by atoms with Crippen LogP contribution >= 0.6 is 0 Å². The topological polar surface area (TPSA) is 85.5 Å². The lowest BCUT2D eigenvalue weighted by atomic mass is 10.0. The first kappa shape index (κ1) is 9.83. The molecule has 17 heavy (non-hydrogen) atoms. The third-order valence-electron chi connectivity index (χ3n) is 2.62. The molecule has 0 amide bonds. The van der Waals surface area contributed by atoms with Crippen LogP contribution in [-0.4, -0.2) is 27.9 Å². The van der Waals surface area contributed by atoms with E-state index >= 15 is 0 Å². The van der Waals surface area contributed by atoms with Crippen molar-refractivity contribution in [1.29, 1.82) is 0 Å². The summed E-state index contributed by atoms with van der Waals surface area (Å²) in [6, 6.07) is 7.51. The van der Waals surface area contributed by atoms with Crippen molar-refractivity contribution >= 4 is 5.97 Å². The Balaban J connectivity index is 1.98. The van der Waals surface area contributed by atoms with E-state index in [1.54, 1.807) is 0 Å². The molecular weight excluding hydrogens is 224 g/mol. The molecule has 1 unspecified atom stereocenters. The zero-order valence-corrected chi connectivity index (χ0v) is 8.66. The molecule has 0 aliphatic carbocycles. The van der Waals surface area contributed by atoms with Crippen molar-refractivity contribution < 1.29 is 19.1 Å². The second kappa shape index (κ2) is 3.58. The van der Waals surface area contributed by atoms with E-state index in [0.717, 1.165) is 11.3 Å².